The van der Waals surface area contributed by atoms with E-state index in [9.17, 15) is 10.2 Å². The quantitative estimate of drug-likeness (QED) is 0.313. The minimum Gasteiger partial charge on any atom is -0.504 e. The summed E-state index contributed by atoms with van der Waals surface area (Å²) in [4.78, 5) is 0. The molecule has 2 aromatic carbocycles. The number of rotatable bonds is 8. The summed E-state index contributed by atoms with van der Waals surface area (Å²) in [6.45, 7) is 4.54. The van der Waals surface area contributed by atoms with Crippen molar-refractivity contribution in [2.24, 2.45) is 21.0 Å². The Labute approximate surface area is 162 Å². The molecule has 0 saturated carbocycles. The smallest absolute Gasteiger partial charge is 0.234 e. The molecular formula is C19H23N5O4. The lowest BCUT2D eigenvalue weighted by Gasteiger charge is -2.06. The minimum atomic E-state index is -0.0138. The van der Waals surface area contributed by atoms with Crippen molar-refractivity contribution in [1.82, 2.24) is 5.43 Å². The molecule has 0 aliphatic carbocycles. The molecule has 0 amide bonds. The molecule has 0 heterocycles. The highest BCUT2D eigenvalue weighted by Crippen LogP contribution is 2.26. The molecule has 0 aromatic heterocycles. The van der Waals surface area contributed by atoms with Crippen molar-refractivity contribution >= 4 is 18.4 Å². The van der Waals surface area contributed by atoms with E-state index < -0.39 is 0 Å². The Morgan fingerprint density at radius 1 is 0.964 bits per heavy atom. The predicted molar refractivity (Wildman–Crippen MR) is 108 cm³/mol. The van der Waals surface area contributed by atoms with Crippen molar-refractivity contribution in [2.75, 3.05) is 13.2 Å². The van der Waals surface area contributed by atoms with Gasteiger partial charge in [0.05, 0.1) is 25.6 Å². The molecule has 0 radical (unpaired) electrons. The van der Waals surface area contributed by atoms with Crippen LogP contribution in [0.2, 0.25) is 0 Å². The van der Waals surface area contributed by atoms with E-state index in [2.05, 4.69) is 20.7 Å². The van der Waals surface area contributed by atoms with Crippen LogP contribution in [0.3, 0.4) is 0 Å². The van der Waals surface area contributed by atoms with E-state index in [0.717, 1.165) is 0 Å². The van der Waals surface area contributed by atoms with E-state index in [1.807, 2.05) is 13.8 Å². The van der Waals surface area contributed by atoms with Gasteiger partial charge in [-0.15, -0.1) is 5.10 Å². The molecule has 0 aliphatic rings. The van der Waals surface area contributed by atoms with E-state index in [0.29, 0.717) is 35.8 Å². The summed E-state index contributed by atoms with van der Waals surface area (Å²) < 4.78 is 10.6. The molecule has 148 valence electrons. The topological polar surface area (TPSA) is 134 Å². The zero-order valence-corrected chi connectivity index (χ0v) is 15.7. The first-order valence-corrected chi connectivity index (χ1v) is 8.60. The van der Waals surface area contributed by atoms with Crippen molar-refractivity contribution in [3.63, 3.8) is 0 Å². The van der Waals surface area contributed by atoms with E-state index in [4.69, 9.17) is 15.2 Å². The number of nitrogens with zero attached hydrogens (tertiary/aromatic N) is 3. The second-order valence-corrected chi connectivity index (χ2v) is 5.42. The molecule has 9 heteroatoms. The lowest BCUT2D eigenvalue weighted by molar-refractivity contribution is 0.318. The van der Waals surface area contributed by atoms with Crippen LogP contribution in [0.4, 0.5) is 0 Å². The van der Waals surface area contributed by atoms with E-state index in [1.165, 1.54) is 24.6 Å². The molecule has 0 atom stereocenters. The fourth-order valence-electron chi connectivity index (χ4n) is 2.12. The van der Waals surface area contributed by atoms with Gasteiger partial charge in [-0.25, -0.2) is 5.43 Å². The Hall–Kier alpha value is -3.75. The summed E-state index contributed by atoms with van der Waals surface area (Å²) in [5.74, 6) is 0.841. The number of hydrogen-bond acceptors (Lipinski definition) is 7. The van der Waals surface area contributed by atoms with E-state index in [-0.39, 0.29) is 17.5 Å². The zero-order valence-electron chi connectivity index (χ0n) is 15.7. The van der Waals surface area contributed by atoms with Crippen LogP contribution in [-0.4, -0.2) is 41.8 Å². The first-order valence-electron chi connectivity index (χ1n) is 8.60. The molecule has 0 fully saturated rings. The SMILES string of the molecule is CCOc1cc(/C=N/N=C(\N)N/N=C/c2ccc(O)c(OCC)c2)ccc1O. The Bertz CT molecular complexity index is 881. The summed E-state index contributed by atoms with van der Waals surface area (Å²) in [6, 6.07) is 9.66. The van der Waals surface area contributed by atoms with Gasteiger partial charge in [0.25, 0.3) is 0 Å². The molecule has 0 unspecified atom stereocenters. The number of phenols is 2. The van der Waals surface area contributed by atoms with Gasteiger partial charge in [-0.3, -0.25) is 0 Å². The molecular weight excluding hydrogens is 362 g/mol. The highest BCUT2D eigenvalue weighted by atomic mass is 16.5. The van der Waals surface area contributed by atoms with Crippen molar-refractivity contribution in [3.05, 3.63) is 47.5 Å². The molecule has 0 bridgehead atoms. The largest absolute Gasteiger partial charge is 0.504 e. The third kappa shape index (κ3) is 6.20. The number of hydrogen-bond donors (Lipinski definition) is 4. The highest BCUT2D eigenvalue weighted by molar-refractivity contribution is 5.85. The van der Waals surface area contributed by atoms with Crippen LogP contribution >= 0.6 is 0 Å². The van der Waals surface area contributed by atoms with Gasteiger partial charge in [-0.2, -0.15) is 10.2 Å². The minimum absolute atomic E-state index is 0.0138. The van der Waals surface area contributed by atoms with Crippen LogP contribution < -0.4 is 20.6 Å². The average Bonchev–Trinajstić information content (AvgIpc) is 2.67. The van der Waals surface area contributed by atoms with Crippen LogP contribution in [0.1, 0.15) is 25.0 Å². The van der Waals surface area contributed by atoms with E-state index >= 15 is 0 Å². The molecule has 2 aromatic rings. The van der Waals surface area contributed by atoms with Gasteiger partial charge in [-0.05, 0) is 61.4 Å². The highest BCUT2D eigenvalue weighted by Gasteiger charge is 2.03. The molecule has 0 spiro atoms. The zero-order chi connectivity index (χ0) is 20.4. The van der Waals surface area contributed by atoms with Crippen LogP contribution in [-0.2, 0) is 0 Å². The molecule has 2 rings (SSSR count). The fraction of sp³-hybridized carbons (Fsp3) is 0.211. The monoisotopic (exact) mass is 385 g/mol. The Balaban J connectivity index is 1.95. The number of nitrogens with two attached hydrogens (primary N) is 1. The Morgan fingerprint density at radius 3 is 2.04 bits per heavy atom. The number of aromatic hydroxyl groups is 2. The second-order valence-electron chi connectivity index (χ2n) is 5.42. The van der Waals surface area contributed by atoms with Crippen LogP contribution in [0, 0.1) is 0 Å². The lowest BCUT2D eigenvalue weighted by atomic mass is 10.2. The third-order valence-corrected chi connectivity index (χ3v) is 3.33. The van der Waals surface area contributed by atoms with Crippen LogP contribution in [0.5, 0.6) is 23.0 Å². The first kappa shape index (κ1) is 20.6. The summed E-state index contributed by atoms with van der Waals surface area (Å²) in [6.07, 6.45) is 2.97. The summed E-state index contributed by atoms with van der Waals surface area (Å²) in [5, 5.41) is 30.9. The molecule has 9 nitrogen and oxygen atoms in total. The van der Waals surface area contributed by atoms with Gasteiger partial charge < -0.3 is 25.4 Å². The van der Waals surface area contributed by atoms with Crippen molar-refractivity contribution in [1.29, 1.82) is 0 Å². The summed E-state index contributed by atoms with van der Waals surface area (Å²) in [7, 11) is 0. The van der Waals surface area contributed by atoms with Gasteiger partial charge in [-0.1, -0.05) is 0 Å². The maximum Gasteiger partial charge on any atom is 0.234 e. The molecule has 5 N–H and O–H groups in total. The third-order valence-electron chi connectivity index (χ3n) is 3.33. The van der Waals surface area contributed by atoms with Crippen molar-refractivity contribution in [3.8, 4) is 23.0 Å². The Kier molecular flexibility index (Phi) is 7.64. The van der Waals surface area contributed by atoms with Gasteiger partial charge in [0.15, 0.2) is 23.0 Å². The first-order chi connectivity index (χ1) is 13.5. The average molecular weight is 385 g/mol. The number of ether oxygens (including phenoxy) is 2. The lowest BCUT2D eigenvalue weighted by Crippen LogP contribution is -2.26. The maximum atomic E-state index is 9.67. The summed E-state index contributed by atoms with van der Waals surface area (Å²) >= 11 is 0. The number of nitrogens with one attached hydrogen (secondary N) is 1. The number of benzene rings is 2. The van der Waals surface area contributed by atoms with Crippen molar-refractivity contribution < 1.29 is 19.7 Å². The number of phenolic OH excluding ortho intramolecular Hbond substituents is 2. The summed E-state index contributed by atoms with van der Waals surface area (Å²) in [5.41, 5.74) is 9.62. The normalized spacial score (nSPS) is 11.9. The van der Waals surface area contributed by atoms with Gasteiger partial charge in [0.1, 0.15) is 0 Å². The van der Waals surface area contributed by atoms with Gasteiger partial charge >= 0.3 is 0 Å². The van der Waals surface area contributed by atoms with Crippen LogP contribution in [0.15, 0.2) is 51.7 Å². The predicted octanol–water partition coefficient (Wildman–Crippen LogP) is 2.17. The molecule has 0 saturated heterocycles. The van der Waals surface area contributed by atoms with Crippen LogP contribution in [0.25, 0.3) is 0 Å². The molecule has 0 aliphatic heterocycles. The van der Waals surface area contributed by atoms with Crippen molar-refractivity contribution in [2.45, 2.75) is 13.8 Å². The standard InChI is InChI=1S/C19H23N5O4/c1-3-27-17-9-13(5-7-15(17)25)11-21-23-19(20)24-22-12-14-6-8-16(26)18(10-14)28-4-2/h5-12,25-26H,3-4H2,1-2H3,(H3,20,23,24)/b21-11+,22-12+. The number of guanidine groups is 1. The van der Waals surface area contributed by atoms with E-state index in [1.54, 1.807) is 24.3 Å². The second kappa shape index (κ2) is 10.4. The Morgan fingerprint density at radius 2 is 1.50 bits per heavy atom. The molecule has 28 heavy (non-hydrogen) atoms. The fourth-order valence-corrected chi connectivity index (χ4v) is 2.12. The van der Waals surface area contributed by atoms with Gasteiger partial charge in [0.2, 0.25) is 5.96 Å². The van der Waals surface area contributed by atoms with Gasteiger partial charge in [0, 0.05) is 0 Å². The number of hydrazone groups is 1. The maximum absolute atomic E-state index is 9.67.